The summed E-state index contributed by atoms with van der Waals surface area (Å²) in [6.07, 6.45) is 2.64. The second kappa shape index (κ2) is 8.28. The second-order valence-electron chi connectivity index (χ2n) is 7.78. The minimum atomic E-state index is -0.765. The number of carbonyl (C=O) groups is 1. The number of nitrogens with one attached hydrogen (secondary N) is 3. The Morgan fingerprint density at radius 2 is 2.24 bits per heavy atom. The average molecular weight is 477 g/mol. The van der Waals surface area contributed by atoms with Crippen molar-refractivity contribution >= 4 is 39.8 Å². The Hall–Kier alpha value is -3.67. The number of furan rings is 1. The Morgan fingerprint density at radius 3 is 3.09 bits per heavy atom. The SMILES string of the molecule is CCOC(=O)c1[nH]cc2c(-c3ccc(Sc4nc5ncccc5[nH]4)o3)c3c(nc12)CNCC3O. The van der Waals surface area contributed by atoms with Gasteiger partial charge in [-0.15, -0.1) is 0 Å². The van der Waals surface area contributed by atoms with Gasteiger partial charge in [0.2, 0.25) is 0 Å². The first-order chi connectivity index (χ1) is 16.6. The normalized spacial score (nSPS) is 15.6. The number of nitrogens with zero attached hydrogens (tertiary/aromatic N) is 3. The van der Waals surface area contributed by atoms with Crippen LogP contribution in [0.4, 0.5) is 0 Å². The first-order valence-electron chi connectivity index (χ1n) is 10.8. The van der Waals surface area contributed by atoms with E-state index in [4.69, 9.17) is 14.1 Å². The highest BCUT2D eigenvalue weighted by atomic mass is 32.2. The molecule has 11 heteroatoms. The molecule has 0 spiro atoms. The zero-order chi connectivity index (χ0) is 23.2. The molecule has 5 aromatic heterocycles. The number of aromatic amines is 2. The van der Waals surface area contributed by atoms with Crippen molar-refractivity contribution in [1.29, 1.82) is 0 Å². The Kier molecular flexibility index (Phi) is 5.09. The van der Waals surface area contributed by atoms with Crippen LogP contribution in [0, 0.1) is 0 Å². The fourth-order valence-corrected chi connectivity index (χ4v) is 4.98. The molecule has 0 aromatic carbocycles. The second-order valence-corrected chi connectivity index (χ2v) is 8.77. The molecule has 1 aliphatic heterocycles. The van der Waals surface area contributed by atoms with E-state index < -0.39 is 12.1 Å². The summed E-state index contributed by atoms with van der Waals surface area (Å²) in [5.74, 6) is 0.0881. The van der Waals surface area contributed by atoms with Crippen LogP contribution in [0.3, 0.4) is 0 Å². The van der Waals surface area contributed by atoms with E-state index in [0.29, 0.717) is 62.5 Å². The number of hydrogen-bond donors (Lipinski definition) is 4. The minimum Gasteiger partial charge on any atom is -0.461 e. The summed E-state index contributed by atoms with van der Waals surface area (Å²) in [5, 5.41) is 15.9. The molecule has 1 aliphatic rings. The molecule has 6 heterocycles. The van der Waals surface area contributed by atoms with Gasteiger partial charge >= 0.3 is 5.97 Å². The largest absolute Gasteiger partial charge is 0.461 e. The molecule has 0 saturated heterocycles. The third kappa shape index (κ3) is 3.45. The zero-order valence-electron chi connectivity index (χ0n) is 18.1. The number of carbonyl (C=O) groups excluding carboxylic acids is 1. The van der Waals surface area contributed by atoms with E-state index in [1.54, 1.807) is 19.3 Å². The van der Waals surface area contributed by atoms with Gasteiger partial charge in [0.25, 0.3) is 0 Å². The summed E-state index contributed by atoms with van der Waals surface area (Å²) in [6, 6.07) is 7.46. The van der Waals surface area contributed by atoms with Crippen LogP contribution in [0.5, 0.6) is 0 Å². The average Bonchev–Trinajstić information content (AvgIpc) is 3.56. The monoisotopic (exact) mass is 476 g/mol. The highest BCUT2D eigenvalue weighted by Gasteiger charge is 2.29. The number of β-amino-alcohol motifs (C(OH)–C–C–N with tert-alkyl or cyclic N) is 1. The molecule has 1 unspecified atom stereocenters. The summed E-state index contributed by atoms with van der Waals surface area (Å²) in [5.41, 5.74) is 4.31. The topological polar surface area (TPSA) is 142 Å². The number of aliphatic hydroxyl groups excluding tert-OH is 1. The van der Waals surface area contributed by atoms with Crippen molar-refractivity contribution in [3.8, 4) is 11.3 Å². The molecule has 0 amide bonds. The first kappa shape index (κ1) is 20.9. The number of hydrogen-bond acceptors (Lipinski definition) is 9. The summed E-state index contributed by atoms with van der Waals surface area (Å²) in [6.45, 7) is 2.88. The van der Waals surface area contributed by atoms with Gasteiger partial charge in [-0.05, 0) is 43.0 Å². The van der Waals surface area contributed by atoms with Crippen LogP contribution in [-0.2, 0) is 11.3 Å². The number of aromatic nitrogens is 5. The number of aliphatic hydroxyl groups is 1. The maximum Gasteiger partial charge on any atom is 0.357 e. The van der Waals surface area contributed by atoms with Gasteiger partial charge in [-0.2, -0.15) is 0 Å². The third-order valence-corrected chi connectivity index (χ3v) is 6.46. The Bertz CT molecular complexity index is 1500. The summed E-state index contributed by atoms with van der Waals surface area (Å²) < 4.78 is 11.4. The van der Waals surface area contributed by atoms with E-state index in [1.165, 1.54) is 11.8 Å². The lowest BCUT2D eigenvalue weighted by Crippen LogP contribution is -2.29. The molecule has 0 bridgehead atoms. The van der Waals surface area contributed by atoms with Gasteiger partial charge in [-0.1, -0.05) is 0 Å². The van der Waals surface area contributed by atoms with Gasteiger partial charge in [0, 0.05) is 42.0 Å². The van der Waals surface area contributed by atoms with E-state index in [-0.39, 0.29) is 12.3 Å². The fraction of sp³-hybridized carbons (Fsp3) is 0.217. The van der Waals surface area contributed by atoms with Crippen molar-refractivity contribution < 1.29 is 19.1 Å². The Balaban J connectivity index is 1.45. The molecular weight excluding hydrogens is 456 g/mol. The van der Waals surface area contributed by atoms with Crippen molar-refractivity contribution in [3.63, 3.8) is 0 Å². The molecule has 0 fully saturated rings. The van der Waals surface area contributed by atoms with Crippen LogP contribution in [0.25, 0.3) is 33.4 Å². The molecular formula is C23H20N6O4S. The van der Waals surface area contributed by atoms with Crippen LogP contribution in [0.15, 0.2) is 51.3 Å². The highest BCUT2D eigenvalue weighted by Crippen LogP contribution is 2.41. The van der Waals surface area contributed by atoms with Crippen LogP contribution in [-0.4, -0.2) is 49.1 Å². The van der Waals surface area contributed by atoms with Crippen molar-refractivity contribution in [2.45, 2.75) is 29.8 Å². The van der Waals surface area contributed by atoms with Crippen LogP contribution in [0.1, 0.15) is 34.8 Å². The molecule has 4 N–H and O–H groups in total. The predicted octanol–water partition coefficient (Wildman–Crippen LogP) is 3.56. The summed E-state index contributed by atoms with van der Waals surface area (Å²) >= 11 is 1.34. The summed E-state index contributed by atoms with van der Waals surface area (Å²) in [7, 11) is 0. The number of esters is 1. The standard InChI is InChI=1S/C23H20N6O4S/c1-2-32-22(31)20-19-11(8-26-20)17(18-13(27-19)9-24-10-14(18)30)15-5-6-16(33-15)34-23-28-12-4-3-7-25-21(12)29-23/h3-8,14,24,26,30H,2,9-10H2,1H3,(H,25,28,29). The molecule has 0 radical (unpaired) electrons. The van der Waals surface area contributed by atoms with Gasteiger partial charge < -0.3 is 29.5 Å². The van der Waals surface area contributed by atoms with E-state index in [2.05, 4.69) is 25.3 Å². The summed E-state index contributed by atoms with van der Waals surface area (Å²) in [4.78, 5) is 32.1. The van der Waals surface area contributed by atoms with Gasteiger partial charge in [-0.3, -0.25) is 0 Å². The molecule has 34 heavy (non-hydrogen) atoms. The lowest BCUT2D eigenvalue weighted by Gasteiger charge is -2.24. The number of H-pyrrole nitrogens is 2. The minimum absolute atomic E-state index is 0.257. The molecule has 0 saturated carbocycles. The smallest absolute Gasteiger partial charge is 0.357 e. The van der Waals surface area contributed by atoms with Crippen LogP contribution < -0.4 is 5.32 Å². The highest BCUT2D eigenvalue weighted by molar-refractivity contribution is 7.99. The predicted molar refractivity (Wildman–Crippen MR) is 124 cm³/mol. The molecule has 6 rings (SSSR count). The molecule has 172 valence electrons. The zero-order valence-corrected chi connectivity index (χ0v) is 18.9. The Morgan fingerprint density at radius 1 is 1.32 bits per heavy atom. The molecule has 5 aromatic rings. The number of ether oxygens (including phenoxy) is 1. The van der Waals surface area contributed by atoms with Crippen molar-refractivity contribution in [1.82, 2.24) is 30.2 Å². The maximum absolute atomic E-state index is 12.5. The van der Waals surface area contributed by atoms with Crippen molar-refractivity contribution in [2.24, 2.45) is 0 Å². The van der Waals surface area contributed by atoms with Crippen molar-refractivity contribution in [2.75, 3.05) is 13.2 Å². The van der Waals surface area contributed by atoms with E-state index in [1.807, 2.05) is 24.3 Å². The fourth-order valence-electron chi connectivity index (χ4n) is 4.23. The lowest BCUT2D eigenvalue weighted by atomic mass is 9.93. The van der Waals surface area contributed by atoms with E-state index in [0.717, 1.165) is 5.52 Å². The van der Waals surface area contributed by atoms with Crippen LogP contribution in [0.2, 0.25) is 0 Å². The van der Waals surface area contributed by atoms with E-state index in [9.17, 15) is 9.90 Å². The number of rotatable bonds is 5. The molecule has 1 atom stereocenters. The van der Waals surface area contributed by atoms with E-state index >= 15 is 0 Å². The number of pyridine rings is 2. The van der Waals surface area contributed by atoms with Gasteiger partial charge in [-0.25, -0.2) is 19.7 Å². The molecule has 10 nitrogen and oxygen atoms in total. The number of imidazole rings is 1. The van der Waals surface area contributed by atoms with Gasteiger partial charge in [0.05, 0.1) is 23.9 Å². The number of fused-ring (bicyclic) bond motifs is 3. The quantitative estimate of drug-likeness (QED) is 0.280. The first-order valence-corrected chi connectivity index (χ1v) is 11.6. The Labute approximate surface area is 197 Å². The van der Waals surface area contributed by atoms with Gasteiger partial charge in [0.1, 0.15) is 11.3 Å². The van der Waals surface area contributed by atoms with Crippen molar-refractivity contribution in [3.05, 3.63) is 53.6 Å². The third-order valence-electron chi connectivity index (χ3n) is 5.65. The lowest BCUT2D eigenvalue weighted by molar-refractivity contribution is 0.0522. The van der Waals surface area contributed by atoms with Gasteiger partial charge in [0.15, 0.2) is 21.6 Å². The van der Waals surface area contributed by atoms with Crippen LogP contribution >= 0.6 is 11.8 Å². The molecule has 0 aliphatic carbocycles. The maximum atomic E-state index is 12.5.